The van der Waals surface area contributed by atoms with Crippen molar-refractivity contribution < 1.29 is 5.11 Å². The van der Waals surface area contributed by atoms with Gasteiger partial charge in [-0.15, -0.1) is 0 Å². The molecule has 1 heterocycles. The number of aromatic nitrogens is 1. The first-order valence-corrected chi connectivity index (χ1v) is 7.54. The molecule has 1 aromatic carbocycles. The minimum Gasteiger partial charge on any atom is -0.494 e. The SMILES string of the molecule is C[C@@H]1CCCC[C@@H]1N=Cc1c(O)[nH]c(=O)c2ccccc12. The van der Waals surface area contributed by atoms with E-state index in [-0.39, 0.29) is 11.4 Å². The lowest BCUT2D eigenvalue weighted by atomic mass is 9.86. The molecule has 0 amide bonds. The van der Waals surface area contributed by atoms with Gasteiger partial charge < -0.3 is 5.11 Å². The molecule has 2 atom stereocenters. The Morgan fingerprint density at radius 3 is 2.71 bits per heavy atom. The van der Waals surface area contributed by atoms with Crippen LogP contribution in [0.1, 0.15) is 38.2 Å². The molecular weight excluding hydrogens is 264 g/mol. The lowest BCUT2D eigenvalue weighted by Gasteiger charge is -2.25. The number of nitrogens with one attached hydrogen (secondary N) is 1. The van der Waals surface area contributed by atoms with Gasteiger partial charge in [-0.3, -0.25) is 14.8 Å². The molecule has 0 unspecified atom stereocenters. The van der Waals surface area contributed by atoms with Gasteiger partial charge in [0, 0.05) is 17.0 Å². The summed E-state index contributed by atoms with van der Waals surface area (Å²) in [6, 6.07) is 7.59. The molecule has 1 aromatic heterocycles. The van der Waals surface area contributed by atoms with Crippen LogP contribution in [0.5, 0.6) is 5.88 Å². The number of fused-ring (bicyclic) bond motifs is 1. The normalized spacial score (nSPS) is 22.9. The van der Waals surface area contributed by atoms with Gasteiger partial charge in [-0.1, -0.05) is 38.0 Å². The highest BCUT2D eigenvalue weighted by atomic mass is 16.3. The number of aromatic amines is 1. The van der Waals surface area contributed by atoms with Gasteiger partial charge in [0.2, 0.25) is 5.88 Å². The van der Waals surface area contributed by atoms with Crippen LogP contribution >= 0.6 is 0 Å². The molecule has 110 valence electrons. The molecule has 1 fully saturated rings. The third-order valence-electron chi connectivity index (χ3n) is 4.41. The van der Waals surface area contributed by atoms with Gasteiger partial charge in [-0.05, 0) is 24.8 Å². The van der Waals surface area contributed by atoms with Crippen LogP contribution in [0, 0.1) is 5.92 Å². The maximum absolute atomic E-state index is 11.8. The maximum Gasteiger partial charge on any atom is 0.258 e. The Balaban J connectivity index is 2.02. The van der Waals surface area contributed by atoms with Crippen molar-refractivity contribution >= 4 is 17.0 Å². The predicted molar refractivity (Wildman–Crippen MR) is 85.2 cm³/mol. The zero-order valence-electron chi connectivity index (χ0n) is 12.2. The monoisotopic (exact) mass is 284 g/mol. The molecule has 2 N–H and O–H groups in total. The number of hydrogen-bond acceptors (Lipinski definition) is 3. The van der Waals surface area contributed by atoms with Crippen molar-refractivity contribution in [3.63, 3.8) is 0 Å². The molecule has 0 spiro atoms. The molecule has 3 rings (SSSR count). The van der Waals surface area contributed by atoms with Crippen molar-refractivity contribution in [2.75, 3.05) is 0 Å². The topological polar surface area (TPSA) is 65.5 Å². The molecule has 1 saturated carbocycles. The van der Waals surface area contributed by atoms with Crippen LogP contribution in [0.15, 0.2) is 34.1 Å². The molecule has 4 nitrogen and oxygen atoms in total. The van der Waals surface area contributed by atoms with E-state index in [1.165, 1.54) is 19.3 Å². The van der Waals surface area contributed by atoms with Crippen LogP contribution < -0.4 is 5.56 Å². The van der Waals surface area contributed by atoms with Crippen LogP contribution in [0.2, 0.25) is 0 Å². The fraction of sp³-hybridized carbons (Fsp3) is 0.412. The minimum absolute atomic E-state index is 0.106. The third kappa shape index (κ3) is 2.71. The zero-order chi connectivity index (χ0) is 14.8. The summed E-state index contributed by atoms with van der Waals surface area (Å²) in [5, 5.41) is 11.4. The Bertz CT molecular complexity index is 733. The molecule has 0 bridgehead atoms. The van der Waals surface area contributed by atoms with Crippen LogP contribution in [-0.2, 0) is 0 Å². The molecule has 2 aromatic rings. The Morgan fingerprint density at radius 2 is 1.95 bits per heavy atom. The van der Waals surface area contributed by atoms with Crippen LogP contribution in [0.25, 0.3) is 10.8 Å². The largest absolute Gasteiger partial charge is 0.494 e. The van der Waals surface area contributed by atoms with E-state index in [4.69, 9.17) is 0 Å². The van der Waals surface area contributed by atoms with E-state index in [0.717, 1.165) is 11.8 Å². The number of nitrogens with zero attached hydrogens (tertiary/aromatic N) is 1. The smallest absolute Gasteiger partial charge is 0.258 e. The van der Waals surface area contributed by atoms with E-state index in [2.05, 4.69) is 16.9 Å². The van der Waals surface area contributed by atoms with Crippen LogP contribution in [0.4, 0.5) is 0 Å². The highest BCUT2D eigenvalue weighted by Gasteiger charge is 2.20. The number of pyridine rings is 1. The summed E-state index contributed by atoms with van der Waals surface area (Å²) in [6.45, 7) is 2.23. The summed E-state index contributed by atoms with van der Waals surface area (Å²) < 4.78 is 0. The van der Waals surface area contributed by atoms with Gasteiger partial charge in [-0.2, -0.15) is 0 Å². The van der Waals surface area contributed by atoms with Crippen molar-refractivity contribution in [3.05, 3.63) is 40.2 Å². The zero-order valence-corrected chi connectivity index (χ0v) is 12.2. The van der Waals surface area contributed by atoms with Gasteiger partial charge >= 0.3 is 0 Å². The second kappa shape index (κ2) is 5.72. The van der Waals surface area contributed by atoms with E-state index in [0.29, 0.717) is 22.9 Å². The second-order valence-electron chi connectivity index (χ2n) is 5.87. The van der Waals surface area contributed by atoms with E-state index in [1.54, 1.807) is 12.3 Å². The quantitative estimate of drug-likeness (QED) is 0.831. The number of H-pyrrole nitrogens is 1. The number of aliphatic imine (C=N–C) groups is 1. The minimum atomic E-state index is -0.272. The van der Waals surface area contributed by atoms with Crippen LogP contribution in [0.3, 0.4) is 0 Å². The second-order valence-corrected chi connectivity index (χ2v) is 5.87. The van der Waals surface area contributed by atoms with E-state index < -0.39 is 0 Å². The number of aromatic hydroxyl groups is 1. The first kappa shape index (κ1) is 13.9. The van der Waals surface area contributed by atoms with Crippen molar-refractivity contribution in [1.29, 1.82) is 0 Å². The summed E-state index contributed by atoms with van der Waals surface area (Å²) in [7, 11) is 0. The van der Waals surface area contributed by atoms with E-state index in [1.807, 2.05) is 18.2 Å². The molecule has 0 saturated heterocycles. The highest BCUT2D eigenvalue weighted by molar-refractivity contribution is 6.01. The fourth-order valence-corrected chi connectivity index (χ4v) is 3.10. The van der Waals surface area contributed by atoms with Crippen molar-refractivity contribution in [2.24, 2.45) is 10.9 Å². The summed E-state index contributed by atoms with van der Waals surface area (Å²) in [5.74, 6) is 0.470. The molecule has 4 heteroatoms. The Kier molecular flexibility index (Phi) is 3.78. The predicted octanol–water partition coefficient (Wildman–Crippen LogP) is 3.23. The molecule has 21 heavy (non-hydrogen) atoms. The van der Waals surface area contributed by atoms with Crippen molar-refractivity contribution in [2.45, 2.75) is 38.6 Å². The lowest BCUT2D eigenvalue weighted by molar-refractivity contribution is 0.333. The highest BCUT2D eigenvalue weighted by Crippen LogP contribution is 2.27. The van der Waals surface area contributed by atoms with Gasteiger partial charge in [0.25, 0.3) is 5.56 Å². The molecule has 0 aliphatic heterocycles. The van der Waals surface area contributed by atoms with E-state index in [9.17, 15) is 9.90 Å². The van der Waals surface area contributed by atoms with Crippen molar-refractivity contribution in [3.8, 4) is 5.88 Å². The Labute approximate surface area is 123 Å². The first-order chi connectivity index (χ1) is 10.2. The lowest BCUT2D eigenvalue weighted by Crippen LogP contribution is -2.20. The number of hydrogen-bond donors (Lipinski definition) is 2. The van der Waals surface area contributed by atoms with Crippen molar-refractivity contribution in [1.82, 2.24) is 4.98 Å². The molecule has 1 aliphatic rings. The number of benzene rings is 1. The number of rotatable bonds is 2. The van der Waals surface area contributed by atoms with Gasteiger partial charge in [-0.25, -0.2) is 0 Å². The standard InChI is InChI=1S/C17H20N2O2/c1-11-6-2-5-9-15(11)18-10-14-12-7-3-4-8-13(12)16(20)19-17(14)21/h3-4,7-8,10-11,15H,2,5-6,9H2,1H3,(H2,19,20,21)/t11-,15+/m1/s1. The average molecular weight is 284 g/mol. The average Bonchev–Trinajstić information content (AvgIpc) is 2.49. The molecular formula is C17H20N2O2. The third-order valence-corrected chi connectivity index (χ3v) is 4.41. The van der Waals surface area contributed by atoms with Gasteiger partial charge in [0.15, 0.2) is 0 Å². The Morgan fingerprint density at radius 1 is 1.24 bits per heavy atom. The van der Waals surface area contributed by atoms with Gasteiger partial charge in [0.1, 0.15) is 0 Å². The Hall–Kier alpha value is -2.10. The summed E-state index contributed by atoms with van der Waals surface area (Å²) in [5.41, 5.74) is 0.328. The summed E-state index contributed by atoms with van der Waals surface area (Å²) >= 11 is 0. The molecule has 1 aliphatic carbocycles. The first-order valence-electron chi connectivity index (χ1n) is 7.54. The summed E-state index contributed by atoms with van der Waals surface area (Å²) in [4.78, 5) is 19.0. The maximum atomic E-state index is 11.8. The fourth-order valence-electron chi connectivity index (χ4n) is 3.10. The van der Waals surface area contributed by atoms with Crippen LogP contribution in [-0.4, -0.2) is 22.3 Å². The van der Waals surface area contributed by atoms with Gasteiger partial charge in [0.05, 0.1) is 11.6 Å². The molecule has 0 radical (unpaired) electrons. The van der Waals surface area contributed by atoms with E-state index >= 15 is 0 Å². The summed E-state index contributed by atoms with van der Waals surface area (Å²) in [6.07, 6.45) is 6.52.